The Morgan fingerprint density at radius 1 is 1.14 bits per heavy atom. The summed E-state index contributed by atoms with van der Waals surface area (Å²) in [6.45, 7) is 4.54. The van der Waals surface area contributed by atoms with Crippen LogP contribution in [0.1, 0.15) is 32.9 Å². The highest BCUT2D eigenvalue weighted by Crippen LogP contribution is 2.33. The molecule has 4 rings (SSSR count). The van der Waals surface area contributed by atoms with Crippen LogP contribution in [0, 0.1) is 25.2 Å². The number of aromatic nitrogens is 2. The molecule has 146 valence electrons. The third-order valence-electron chi connectivity index (χ3n) is 5.08. The van der Waals surface area contributed by atoms with Gasteiger partial charge in [0.05, 0.1) is 12.1 Å². The van der Waals surface area contributed by atoms with E-state index in [2.05, 4.69) is 4.57 Å². The van der Waals surface area contributed by atoms with E-state index in [4.69, 9.17) is 14.7 Å². The predicted molar refractivity (Wildman–Crippen MR) is 105 cm³/mol. The van der Waals surface area contributed by atoms with Crippen LogP contribution in [0.15, 0.2) is 47.4 Å². The number of ketones is 1. The average molecular weight is 389 g/mol. The third-order valence-corrected chi connectivity index (χ3v) is 5.08. The fourth-order valence-electron chi connectivity index (χ4n) is 3.51. The van der Waals surface area contributed by atoms with Crippen molar-refractivity contribution in [3.8, 4) is 17.6 Å². The standard InChI is InChI=1S/C22H19N3O4/c1-14-7-18(19(26)12-24-10-17(9-23)4-6-22(24)27)15(2)25(14)11-16-3-5-20-21(8-16)29-13-28-20/h3-8,10H,11-13H2,1-2H3. The summed E-state index contributed by atoms with van der Waals surface area (Å²) in [5, 5.41) is 9.02. The molecule has 0 aliphatic carbocycles. The zero-order chi connectivity index (χ0) is 20.5. The van der Waals surface area contributed by atoms with Gasteiger partial charge in [0.15, 0.2) is 17.3 Å². The van der Waals surface area contributed by atoms with E-state index in [9.17, 15) is 9.59 Å². The van der Waals surface area contributed by atoms with Crippen molar-refractivity contribution in [1.82, 2.24) is 9.13 Å². The third kappa shape index (κ3) is 3.52. The SMILES string of the molecule is Cc1cc(C(=O)Cn2cc(C#N)ccc2=O)c(C)n1Cc1ccc2c(c1)OCO2. The summed E-state index contributed by atoms with van der Waals surface area (Å²) in [7, 11) is 0. The highest BCUT2D eigenvalue weighted by molar-refractivity contribution is 5.97. The molecule has 0 N–H and O–H groups in total. The van der Waals surface area contributed by atoms with Crippen molar-refractivity contribution in [2.45, 2.75) is 26.9 Å². The predicted octanol–water partition coefficient (Wildman–Crippen LogP) is 2.80. The number of hydrogen-bond donors (Lipinski definition) is 0. The van der Waals surface area contributed by atoms with Crippen molar-refractivity contribution < 1.29 is 14.3 Å². The Hall–Kier alpha value is -3.79. The molecule has 0 radical (unpaired) electrons. The van der Waals surface area contributed by atoms with Crippen molar-refractivity contribution in [3.05, 3.63) is 81.0 Å². The summed E-state index contributed by atoms with van der Waals surface area (Å²) in [5.41, 5.74) is 3.40. The maximum atomic E-state index is 12.9. The molecule has 0 saturated heterocycles. The van der Waals surface area contributed by atoms with Gasteiger partial charge in [0, 0.05) is 35.8 Å². The molecule has 2 aromatic heterocycles. The fraction of sp³-hybridized carbons (Fsp3) is 0.227. The number of nitrogens with zero attached hydrogens (tertiary/aromatic N) is 3. The van der Waals surface area contributed by atoms with Crippen LogP contribution in [0.5, 0.6) is 11.5 Å². The van der Waals surface area contributed by atoms with Crippen LogP contribution in [0.3, 0.4) is 0 Å². The summed E-state index contributed by atoms with van der Waals surface area (Å²) in [5.74, 6) is 1.28. The van der Waals surface area contributed by atoms with Crippen molar-refractivity contribution in [1.29, 1.82) is 5.26 Å². The van der Waals surface area contributed by atoms with Crippen LogP contribution in [0.4, 0.5) is 0 Å². The Morgan fingerprint density at radius 3 is 2.72 bits per heavy atom. The van der Waals surface area contributed by atoms with E-state index >= 15 is 0 Å². The molecule has 0 spiro atoms. The Kier molecular flexibility index (Phi) is 4.69. The Bertz CT molecular complexity index is 1210. The lowest BCUT2D eigenvalue weighted by atomic mass is 10.1. The number of nitriles is 1. The van der Waals surface area contributed by atoms with Crippen LogP contribution in [-0.2, 0) is 13.1 Å². The number of pyridine rings is 1. The number of rotatable bonds is 5. The number of fused-ring (bicyclic) bond motifs is 1. The second-order valence-electron chi connectivity index (χ2n) is 6.98. The molecule has 3 aromatic rings. The van der Waals surface area contributed by atoms with E-state index in [1.165, 1.54) is 22.9 Å². The summed E-state index contributed by atoms with van der Waals surface area (Å²) in [6.07, 6.45) is 1.41. The molecule has 29 heavy (non-hydrogen) atoms. The van der Waals surface area contributed by atoms with Gasteiger partial charge in [-0.3, -0.25) is 9.59 Å². The molecular weight excluding hydrogens is 370 g/mol. The van der Waals surface area contributed by atoms with E-state index in [0.717, 1.165) is 28.5 Å². The Balaban J connectivity index is 1.59. The fourth-order valence-corrected chi connectivity index (χ4v) is 3.51. The average Bonchev–Trinajstić information content (AvgIpc) is 3.29. The molecule has 7 heteroatoms. The van der Waals surface area contributed by atoms with E-state index in [-0.39, 0.29) is 24.7 Å². The molecule has 0 saturated carbocycles. The van der Waals surface area contributed by atoms with Crippen molar-refractivity contribution in [3.63, 3.8) is 0 Å². The maximum Gasteiger partial charge on any atom is 0.251 e. The van der Waals surface area contributed by atoms with Gasteiger partial charge in [-0.15, -0.1) is 0 Å². The normalized spacial score (nSPS) is 12.0. The molecule has 1 aliphatic heterocycles. The minimum atomic E-state index is -0.313. The first-order valence-corrected chi connectivity index (χ1v) is 9.15. The van der Waals surface area contributed by atoms with Crippen LogP contribution >= 0.6 is 0 Å². The van der Waals surface area contributed by atoms with Gasteiger partial charge in [-0.1, -0.05) is 6.07 Å². The van der Waals surface area contributed by atoms with Crippen molar-refractivity contribution in [2.24, 2.45) is 0 Å². The minimum Gasteiger partial charge on any atom is -0.454 e. The first-order chi connectivity index (χ1) is 14.0. The van der Waals surface area contributed by atoms with Crippen LogP contribution in [0.25, 0.3) is 0 Å². The number of aryl methyl sites for hydroxylation is 1. The zero-order valence-corrected chi connectivity index (χ0v) is 16.1. The summed E-state index contributed by atoms with van der Waals surface area (Å²) in [6, 6.07) is 12.4. The highest BCUT2D eigenvalue weighted by Gasteiger charge is 2.18. The Morgan fingerprint density at radius 2 is 1.93 bits per heavy atom. The van der Waals surface area contributed by atoms with Crippen molar-refractivity contribution in [2.75, 3.05) is 6.79 Å². The molecule has 7 nitrogen and oxygen atoms in total. The van der Waals surface area contributed by atoms with Gasteiger partial charge in [-0.2, -0.15) is 5.26 Å². The number of carbonyl (C=O) groups excluding carboxylic acids is 1. The molecule has 0 unspecified atom stereocenters. The minimum absolute atomic E-state index is 0.108. The number of benzene rings is 1. The lowest BCUT2D eigenvalue weighted by Crippen LogP contribution is -2.23. The van der Waals surface area contributed by atoms with Gasteiger partial charge in [-0.05, 0) is 43.7 Å². The number of ether oxygens (including phenoxy) is 2. The van der Waals surface area contributed by atoms with Gasteiger partial charge in [-0.25, -0.2) is 0 Å². The molecule has 1 aliphatic rings. The number of Topliss-reactive ketones (excluding diaryl/α,β-unsaturated/α-hetero) is 1. The maximum absolute atomic E-state index is 12.9. The molecule has 3 heterocycles. The van der Waals surface area contributed by atoms with E-state index in [1.807, 2.05) is 44.2 Å². The topological polar surface area (TPSA) is 86.2 Å². The monoisotopic (exact) mass is 389 g/mol. The van der Waals surface area contributed by atoms with Gasteiger partial charge < -0.3 is 18.6 Å². The van der Waals surface area contributed by atoms with Crippen LogP contribution in [0.2, 0.25) is 0 Å². The Labute approximate surface area is 167 Å². The lowest BCUT2D eigenvalue weighted by molar-refractivity contribution is 0.0970. The first-order valence-electron chi connectivity index (χ1n) is 9.15. The summed E-state index contributed by atoms with van der Waals surface area (Å²) >= 11 is 0. The second kappa shape index (κ2) is 7.32. The van der Waals surface area contributed by atoms with E-state index in [0.29, 0.717) is 17.7 Å². The molecule has 0 atom stereocenters. The summed E-state index contributed by atoms with van der Waals surface area (Å²) < 4.78 is 14.1. The van der Waals surface area contributed by atoms with E-state index < -0.39 is 0 Å². The first kappa shape index (κ1) is 18.6. The van der Waals surface area contributed by atoms with Gasteiger partial charge >= 0.3 is 0 Å². The highest BCUT2D eigenvalue weighted by atomic mass is 16.7. The van der Waals surface area contributed by atoms with Crippen LogP contribution < -0.4 is 15.0 Å². The quantitative estimate of drug-likeness (QED) is 0.627. The molecule has 0 fully saturated rings. The zero-order valence-electron chi connectivity index (χ0n) is 16.1. The number of hydrogen-bond acceptors (Lipinski definition) is 5. The van der Waals surface area contributed by atoms with Gasteiger partial charge in [0.2, 0.25) is 6.79 Å². The smallest absolute Gasteiger partial charge is 0.251 e. The number of carbonyl (C=O) groups is 1. The molecule has 1 aromatic carbocycles. The largest absolute Gasteiger partial charge is 0.454 e. The van der Waals surface area contributed by atoms with Gasteiger partial charge in [0.25, 0.3) is 5.56 Å². The van der Waals surface area contributed by atoms with Gasteiger partial charge in [0.1, 0.15) is 6.07 Å². The second-order valence-corrected chi connectivity index (χ2v) is 6.98. The molecule has 0 bridgehead atoms. The van der Waals surface area contributed by atoms with Crippen LogP contribution in [-0.4, -0.2) is 21.7 Å². The summed E-state index contributed by atoms with van der Waals surface area (Å²) in [4.78, 5) is 24.9. The lowest BCUT2D eigenvalue weighted by Gasteiger charge is -2.11. The van der Waals surface area contributed by atoms with Crippen molar-refractivity contribution >= 4 is 5.78 Å². The molecule has 0 amide bonds. The van der Waals surface area contributed by atoms with E-state index in [1.54, 1.807) is 0 Å². The molecular formula is C22H19N3O4.